The minimum absolute atomic E-state index is 0.0742. The van der Waals surface area contributed by atoms with Gasteiger partial charge in [0.25, 0.3) is 0 Å². The Labute approximate surface area is 69.9 Å². The van der Waals surface area contributed by atoms with Crippen LogP contribution in [0.25, 0.3) is 0 Å². The van der Waals surface area contributed by atoms with E-state index in [0.29, 0.717) is 12.8 Å². The van der Waals surface area contributed by atoms with Gasteiger partial charge in [0, 0.05) is 5.92 Å². The molecule has 0 radical (unpaired) electrons. The maximum atomic E-state index is 11.2. The molecule has 2 saturated heterocycles. The van der Waals surface area contributed by atoms with Gasteiger partial charge in [0.1, 0.15) is 5.54 Å². The molecule has 0 aromatic rings. The smallest absolute Gasteiger partial charge is 0.329 e. The molecule has 66 valence electrons. The van der Waals surface area contributed by atoms with E-state index in [-0.39, 0.29) is 11.8 Å². The van der Waals surface area contributed by atoms with Gasteiger partial charge in [-0.2, -0.15) is 0 Å². The largest absolute Gasteiger partial charge is 0.480 e. The van der Waals surface area contributed by atoms with Gasteiger partial charge in [-0.05, 0) is 25.7 Å². The minimum atomic E-state index is -0.925. The molecule has 1 aliphatic carbocycles. The van der Waals surface area contributed by atoms with Crippen molar-refractivity contribution < 1.29 is 14.7 Å². The Balaban J connectivity index is 2.27. The molecule has 0 aromatic carbocycles. The van der Waals surface area contributed by atoms with Gasteiger partial charge in [-0.25, -0.2) is 4.79 Å². The number of nitrogens with one attached hydrogen (secondary N) is 1. The van der Waals surface area contributed by atoms with Crippen molar-refractivity contribution in [3.63, 3.8) is 0 Å². The Bertz CT molecular complexity index is 239. The van der Waals surface area contributed by atoms with Gasteiger partial charge in [-0.1, -0.05) is 0 Å². The van der Waals surface area contributed by atoms with E-state index < -0.39 is 11.5 Å². The summed E-state index contributed by atoms with van der Waals surface area (Å²) < 4.78 is 0. The summed E-state index contributed by atoms with van der Waals surface area (Å²) in [5.41, 5.74) is -0.925. The maximum Gasteiger partial charge on any atom is 0.329 e. The molecule has 12 heavy (non-hydrogen) atoms. The average Bonchev–Trinajstić information content (AvgIpc) is 2.05. The number of piperidine rings is 2. The van der Waals surface area contributed by atoms with Crippen molar-refractivity contribution in [3.8, 4) is 0 Å². The molecule has 1 saturated carbocycles. The first kappa shape index (κ1) is 7.58. The lowest BCUT2D eigenvalue weighted by atomic mass is 9.72. The lowest BCUT2D eigenvalue weighted by Gasteiger charge is -2.43. The van der Waals surface area contributed by atoms with Gasteiger partial charge in [0.2, 0.25) is 5.91 Å². The summed E-state index contributed by atoms with van der Waals surface area (Å²) in [4.78, 5) is 22.1. The highest BCUT2D eigenvalue weighted by Crippen LogP contribution is 2.37. The van der Waals surface area contributed by atoms with E-state index in [1.807, 2.05) is 0 Å². The molecule has 1 amide bonds. The van der Waals surface area contributed by atoms with Crippen molar-refractivity contribution in [1.29, 1.82) is 0 Å². The fraction of sp³-hybridized carbons (Fsp3) is 0.750. The second-order valence-electron chi connectivity index (χ2n) is 3.65. The molecule has 0 atom stereocenters. The monoisotopic (exact) mass is 169 g/mol. The number of hydrogen-bond acceptors (Lipinski definition) is 2. The lowest BCUT2D eigenvalue weighted by Crippen LogP contribution is -2.63. The summed E-state index contributed by atoms with van der Waals surface area (Å²) in [6.45, 7) is 0. The zero-order valence-corrected chi connectivity index (χ0v) is 6.67. The molecule has 3 rings (SSSR count). The zero-order valence-electron chi connectivity index (χ0n) is 6.67. The maximum absolute atomic E-state index is 11.2. The van der Waals surface area contributed by atoms with Gasteiger partial charge >= 0.3 is 5.97 Å². The van der Waals surface area contributed by atoms with Crippen LogP contribution in [0.3, 0.4) is 0 Å². The van der Waals surface area contributed by atoms with E-state index in [2.05, 4.69) is 5.32 Å². The number of carboxylic acid groups (broad SMARTS) is 1. The van der Waals surface area contributed by atoms with Crippen molar-refractivity contribution in [2.75, 3.05) is 0 Å². The number of rotatable bonds is 1. The quantitative estimate of drug-likeness (QED) is 0.586. The van der Waals surface area contributed by atoms with Gasteiger partial charge < -0.3 is 10.4 Å². The number of carbonyl (C=O) groups is 2. The standard InChI is InChI=1S/C8H11NO3/c10-6-5-1-3-8(9-6,4-2-5)7(11)12/h5H,1-4H2,(H,9,10)(H,11,12). The van der Waals surface area contributed by atoms with Crippen LogP contribution in [-0.4, -0.2) is 22.5 Å². The van der Waals surface area contributed by atoms with Crippen LogP contribution in [0.5, 0.6) is 0 Å². The van der Waals surface area contributed by atoms with Gasteiger partial charge in [-0.15, -0.1) is 0 Å². The van der Waals surface area contributed by atoms with Crippen molar-refractivity contribution in [1.82, 2.24) is 5.32 Å². The molecule has 4 heteroatoms. The molecule has 2 heterocycles. The predicted molar refractivity (Wildman–Crippen MR) is 40.5 cm³/mol. The molecular formula is C8H11NO3. The second-order valence-corrected chi connectivity index (χ2v) is 3.65. The summed E-state index contributed by atoms with van der Waals surface area (Å²) >= 11 is 0. The molecule has 2 aliphatic heterocycles. The molecule has 0 unspecified atom stereocenters. The van der Waals surface area contributed by atoms with Gasteiger partial charge in [0.15, 0.2) is 0 Å². The van der Waals surface area contributed by atoms with E-state index in [1.54, 1.807) is 0 Å². The number of fused-ring (bicyclic) bond motifs is 3. The summed E-state index contributed by atoms with van der Waals surface area (Å²) in [6.07, 6.45) is 2.66. The SMILES string of the molecule is O=C1NC2(C(=O)O)CCC1CC2. The van der Waals surface area contributed by atoms with Crippen LogP contribution in [0.2, 0.25) is 0 Å². The Kier molecular flexibility index (Phi) is 1.40. The number of amides is 1. The lowest BCUT2D eigenvalue weighted by molar-refractivity contribution is -0.155. The predicted octanol–water partition coefficient (Wildman–Crippen LogP) is 0.130. The highest BCUT2D eigenvalue weighted by Gasteiger charge is 2.49. The average molecular weight is 169 g/mol. The topological polar surface area (TPSA) is 66.4 Å². The van der Waals surface area contributed by atoms with Crippen molar-refractivity contribution in [3.05, 3.63) is 0 Å². The molecule has 2 bridgehead atoms. The van der Waals surface area contributed by atoms with Crippen LogP contribution in [0.4, 0.5) is 0 Å². The third-order valence-electron chi connectivity index (χ3n) is 2.98. The van der Waals surface area contributed by atoms with Gasteiger partial charge in [0.05, 0.1) is 0 Å². The number of carbonyl (C=O) groups excluding carboxylic acids is 1. The molecule has 3 aliphatic rings. The highest BCUT2D eigenvalue weighted by molar-refractivity contribution is 5.90. The Morgan fingerprint density at radius 1 is 1.50 bits per heavy atom. The summed E-state index contributed by atoms with van der Waals surface area (Å²) in [5, 5.41) is 11.5. The molecule has 0 aromatic heterocycles. The van der Waals surface area contributed by atoms with Crippen LogP contribution >= 0.6 is 0 Å². The summed E-state index contributed by atoms with van der Waals surface area (Å²) in [5.74, 6) is -0.880. The van der Waals surface area contributed by atoms with E-state index >= 15 is 0 Å². The van der Waals surface area contributed by atoms with Crippen LogP contribution in [0.15, 0.2) is 0 Å². The number of hydrogen-bond donors (Lipinski definition) is 2. The fourth-order valence-electron chi connectivity index (χ4n) is 2.10. The van der Waals surface area contributed by atoms with Gasteiger partial charge in [-0.3, -0.25) is 4.79 Å². The van der Waals surface area contributed by atoms with Crippen molar-refractivity contribution >= 4 is 11.9 Å². The second kappa shape index (κ2) is 2.21. The molecule has 0 spiro atoms. The van der Waals surface area contributed by atoms with E-state index in [1.165, 1.54) is 0 Å². The third kappa shape index (κ3) is 0.838. The summed E-state index contributed by atoms with van der Waals surface area (Å²) in [7, 11) is 0. The molecule has 3 fully saturated rings. The highest BCUT2D eigenvalue weighted by atomic mass is 16.4. The number of carboxylic acids is 1. The molecule has 2 N–H and O–H groups in total. The minimum Gasteiger partial charge on any atom is -0.480 e. The van der Waals surface area contributed by atoms with Crippen LogP contribution in [0, 0.1) is 5.92 Å². The summed E-state index contributed by atoms with van der Waals surface area (Å²) in [6, 6.07) is 0. The Hall–Kier alpha value is -1.06. The van der Waals surface area contributed by atoms with Crippen molar-refractivity contribution in [2.24, 2.45) is 5.92 Å². The Morgan fingerprint density at radius 3 is 2.42 bits per heavy atom. The van der Waals surface area contributed by atoms with Crippen LogP contribution < -0.4 is 5.32 Å². The van der Waals surface area contributed by atoms with E-state index in [4.69, 9.17) is 5.11 Å². The normalized spacial score (nSPS) is 39.3. The molecular weight excluding hydrogens is 158 g/mol. The van der Waals surface area contributed by atoms with E-state index in [0.717, 1.165) is 12.8 Å². The first-order valence-electron chi connectivity index (χ1n) is 4.19. The fourth-order valence-corrected chi connectivity index (χ4v) is 2.10. The molecule has 4 nitrogen and oxygen atoms in total. The zero-order chi connectivity index (χ0) is 8.77. The Morgan fingerprint density at radius 2 is 2.08 bits per heavy atom. The first-order chi connectivity index (χ1) is 5.64. The van der Waals surface area contributed by atoms with E-state index in [9.17, 15) is 9.59 Å². The third-order valence-corrected chi connectivity index (χ3v) is 2.98. The van der Waals surface area contributed by atoms with Crippen LogP contribution in [0.1, 0.15) is 25.7 Å². The number of aliphatic carboxylic acids is 1. The first-order valence-corrected chi connectivity index (χ1v) is 4.19. The van der Waals surface area contributed by atoms with Crippen LogP contribution in [-0.2, 0) is 9.59 Å². The van der Waals surface area contributed by atoms with Crippen molar-refractivity contribution in [2.45, 2.75) is 31.2 Å².